The molecule has 0 aromatic rings. The van der Waals surface area contributed by atoms with Gasteiger partial charge in [0.15, 0.2) is 0 Å². The molecule has 103 valence electrons. The second kappa shape index (κ2) is 8.73. The van der Waals surface area contributed by atoms with Gasteiger partial charge < -0.3 is 22.3 Å². The quantitative estimate of drug-likeness (QED) is 0.379. The van der Waals surface area contributed by atoms with Crippen molar-refractivity contribution in [3.05, 3.63) is 0 Å². The number of ketones is 1. The van der Waals surface area contributed by atoms with E-state index in [9.17, 15) is 14.4 Å². The number of carboxylic acid groups (broad SMARTS) is 1. The number of carbonyl (C=O) groups excluding carboxylic acids is 2. The summed E-state index contributed by atoms with van der Waals surface area (Å²) in [6.07, 6.45) is 3.15. The predicted molar refractivity (Wildman–Crippen MR) is 65.3 cm³/mol. The van der Waals surface area contributed by atoms with Crippen LogP contribution in [0.15, 0.2) is 0 Å². The lowest BCUT2D eigenvalue weighted by Crippen LogP contribution is -2.35. The topological polar surface area (TPSA) is 150 Å². The maximum absolute atomic E-state index is 11.5. The molecule has 7 N–H and O–H groups in total. The van der Waals surface area contributed by atoms with Crippen LogP contribution in [0, 0.1) is 0 Å². The molecule has 0 bridgehead atoms. The Morgan fingerprint density at radius 1 is 1.06 bits per heavy atom. The predicted octanol–water partition coefficient (Wildman–Crippen LogP) is -1.32. The normalized spacial score (nSPS) is 15.7. The van der Waals surface area contributed by atoms with Crippen molar-refractivity contribution < 1.29 is 19.5 Å². The Morgan fingerprint density at radius 3 is 2.17 bits per heavy atom. The van der Waals surface area contributed by atoms with Gasteiger partial charge in [0, 0.05) is 6.42 Å². The Hall–Kier alpha value is -1.31. The van der Waals surface area contributed by atoms with Crippen molar-refractivity contribution in [2.24, 2.45) is 17.2 Å². The molecule has 18 heavy (non-hydrogen) atoms. The minimum Gasteiger partial charge on any atom is -0.480 e. The highest BCUT2D eigenvalue weighted by Crippen LogP contribution is 2.05. The van der Waals surface area contributed by atoms with E-state index >= 15 is 0 Å². The van der Waals surface area contributed by atoms with Crippen LogP contribution < -0.4 is 17.2 Å². The van der Waals surface area contributed by atoms with Gasteiger partial charge >= 0.3 is 5.97 Å². The number of carbonyl (C=O) groups is 2. The summed E-state index contributed by atoms with van der Waals surface area (Å²) in [4.78, 5) is 32.1. The van der Waals surface area contributed by atoms with Crippen LogP contribution in [0.25, 0.3) is 0 Å². The summed E-state index contributed by atoms with van der Waals surface area (Å²) in [6.45, 7) is 0. The van der Waals surface area contributed by atoms with Crippen LogP contribution in [-0.4, -0.2) is 41.3 Å². The first-order valence-electron chi connectivity index (χ1n) is 5.78. The van der Waals surface area contributed by atoms with Crippen molar-refractivity contribution >= 4 is 18.0 Å². The van der Waals surface area contributed by atoms with Gasteiger partial charge in [0.1, 0.15) is 11.8 Å². The highest BCUT2D eigenvalue weighted by Gasteiger charge is 2.17. The van der Waals surface area contributed by atoms with E-state index in [4.69, 9.17) is 22.3 Å². The molecule has 0 heterocycles. The lowest BCUT2D eigenvalue weighted by atomic mass is 9.99. The van der Waals surface area contributed by atoms with Crippen molar-refractivity contribution in [1.82, 2.24) is 0 Å². The fraction of sp³-hybridized carbons (Fsp3) is 0.727. The Morgan fingerprint density at radius 2 is 1.67 bits per heavy atom. The first kappa shape index (κ1) is 16.7. The first-order valence-corrected chi connectivity index (χ1v) is 5.78. The smallest absolute Gasteiger partial charge is 0.320 e. The number of rotatable bonds is 10. The molecule has 0 aliphatic rings. The molecule has 0 aliphatic heterocycles. The highest BCUT2D eigenvalue weighted by molar-refractivity contribution is 5.84. The third kappa shape index (κ3) is 7.10. The minimum atomic E-state index is -1.14. The molecule has 0 amide bonds. The molecule has 0 aliphatic carbocycles. The van der Waals surface area contributed by atoms with Crippen molar-refractivity contribution in [2.45, 2.75) is 50.2 Å². The molecule has 0 saturated carbocycles. The fourth-order valence-electron chi connectivity index (χ4n) is 1.38. The molecule has 7 nitrogen and oxygen atoms in total. The lowest BCUT2D eigenvalue weighted by molar-refractivity contribution is -0.138. The maximum atomic E-state index is 11.5. The van der Waals surface area contributed by atoms with Crippen molar-refractivity contribution in [2.75, 3.05) is 0 Å². The van der Waals surface area contributed by atoms with Gasteiger partial charge in [-0.15, -0.1) is 0 Å². The molecule has 3 atom stereocenters. The fourth-order valence-corrected chi connectivity index (χ4v) is 1.38. The van der Waals surface area contributed by atoms with E-state index in [0.29, 0.717) is 19.3 Å². The van der Waals surface area contributed by atoms with Gasteiger partial charge in [0.25, 0.3) is 0 Å². The summed E-state index contributed by atoms with van der Waals surface area (Å²) in [6, 6.07) is -2.35. The van der Waals surface area contributed by atoms with E-state index in [2.05, 4.69) is 0 Å². The zero-order valence-corrected chi connectivity index (χ0v) is 10.2. The monoisotopic (exact) mass is 258 g/mol. The van der Waals surface area contributed by atoms with E-state index in [1.165, 1.54) is 0 Å². The van der Waals surface area contributed by atoms with Crippen LogP contribution in [0.4, 0.5) is 0 Å². The van der Waals surface area contributed by atoms with Crippen LogP contribution in [0.5, 0.6) is 0 Å². The summed E-state index contributed by atoms with van der Waals surface area (Å²) in [5.74, 6) is -1.36. The Labute approximate surface area is 106 Å². The van der Waals surface area contributed by atoms with E-state index in [1.54, 1.807) is 6.29 Å². The number of hydrogen-bond acceptors (Lipinski definition) is 6. The zero-order valence-electron chi connectivity index (χ0n) is 10.2. The van der Waals surface area contributed by atoms with E-state index in [0.717, 1.165) is 0 Å². The molecule has 1 unspecified atom stereocenters. The summed E-state index contributed by atoms with van der Waals surface area (Å²) in [5.41, 5.74) is 16.2. The molecule has 1 radical (unpaired) electrons. The van der Waals surface area contributed by atoms with Crippen molar-refractivity contribution in [3.8, 4) is 0 Å². The molecule has 7 heteroatoms. The SMILES string of the molecule is NC(CCC[C@H](N)[C]=O)C(=O)CC[C@H](N)C(=O)O. The lowest BCUT2D eigenvalue weighted by Gasteiger charge is -2.12. The number of aliphatic carboxylic acids is 1. The number of Topliss-reactive ketones (excluding diaryl/α,β-unsaturated/α-hetero) is 1. The molecule has 0 spiro atoms. The third-order valence-electron chi connectivity index (χ3n) is 2.61. The Bertz CT molecular complexity index is 296. The highest BCUT2D eigenvalue weighted by atomic mass is 16.4. The zero-order chi connectivity index (χ0) is 14.1. The van der Waals surface area contributed by atoms with Gasteiger partial charge in [0.05, 0.1) is 12.1 Å². The van der Waals surface area contributed by atoms with Crippen LogP contribution in [0.3, 0.4) is 0 Å². The van der Waals surface area contributed by atoms with E-state index in [1.807, 2.05) is 0 Å². The first-order chi connectivity index (χ1) is 8.38. The van der Waals surface area contributed by atoms with Gasteiger partial charge in [-0.3, -0.25) is 14.4 Å². The third-order valence-corrected chi connectivity index (χ3v) is 2.61. The summed E-state index contributed by atoms with van der Waals surface area (Å²) in [7, 11) is 0. The average molecular weight is 258 g/mol. The van der Waals surface area contributed by atoms with E-state index < -0.39 is 24.1 Å². The van der Waals surface area contributed by atoms with Gasteiger partial charge in [-0.2, -0.15) is 0 Å². The van der Waals surface area contributed by atoms with Gasteiger partial charge in [-0.1, -0.05) is 0 Å². The Balaban J connectivity index is 3.82. The molecule has 0 aromatic carbocycles. The minimum absolute atomic E-state index is 0.0422. The summed E-state index contributed by atoms with van der Waals surface area (Å²) >= 11 is 0. The van der Waals surface area contributed by atoms with Crippen LogP contribution >= 0.6 is 0 Å². The maximum Gasteiger partial charge on any atom is 0.320 e. The number of nitrogens with two attached hydrogens (primary N) is 3. The van der Waals surface area contributed by atoms with Gasteiger partial charge in [0.2, 0.25) is 6.29 Å². The van der Waals surface area contributed by atoms with E-state index in [-0.39, 0.29) is 18.6 Å². The van der Waals surface area contributed by atoms with Gasteiger partial charge in [-0.05, 0) is 25.7 Å². The van der Waals surface area contributed by atoms with Crippen molar-refractivity contribution in [1.29, 1.82) is 0 Å². The second-order valence-electron chi connectivity index (χ2n) is 4.21. The number of hydrogen-bond donors (Lipinski definition) is 4. The standard InChI is InChI=1S/C11H20N3O4/c12-7(6-15)2-1-3-8(13)10(16)5-4-9(14)11(17)18/h7-9H,1-5,12-14H2,(H,17,18)/t7-,8?,9-/m0/s1. The number of carboxylic acids is 1. The molecular formula is C11H20N3O4. The van der Waals surface area contributed by atoms with Crippen LogP contribution in [0.1, 0.15) is 32.1 Å². The van der Waals surface area contributed by atoms with Crippen molar-refractivity contribution in [3.63, 3.8) is 0 Å². The molecule has 0 saturated heterocycles. The molecule has 0 aromatic heterocycles. The van der Waals surface area contributed by atoms with Crippen LogP contribution in [0.2, 0.25) is 0 Å². The summed E-state index contributed by atoms with van der Waals surface area (Å²) < 4.78 is 0. The summed E-state index contributed by atoms with van der Waals surface area (Å²) in [5, 5.41) is 8.55. The Kier molecular flexibility index (Phi) is 8.10. The average Bonchev–Trinajstić information content (AvgIpc) is 2.34. The van der Waals surface area contributed by atoms with Gasteiger partial charge in [-0.25, -0.2) is 0 Å². The largest absolute Gasteiger partial charge is 0.480 e. The second-order valence-corrected chi connectivity index (χ2v) is 4.21. The molecule has 0 fully saturated rings. The van der Waals surface area contributed by atoms with Crippen LogP contribution in [-0.2, 0) is 14.4 Å². The molecular weight excluding hydrogens is 238 g/mol. The molecule has 0 rings (SSSR count).